The molecule has 78 valence electrons. The summed E-state index contributed by atoms with van der Waals surface area (Å²) in [5.74, 6) is 1.34. The van der Waals surface area contributed by atoms with Gasteiger partial charge in [0.25, 0.3) is 0 Å². The minimum atomic E-state index is -0.141. The van der Waals surface area contributed by atoms with Gasteiger partial charge in [0.05, 0.1) is 19.7 Å². The number of fused-ring (bicyclic) bond motifs is 1. The van der Waals surface area contributed by atoms with Gasteiger partial charge in [-0.25, -0.2) is 0 Å². The lowest BCUT2D eigenvalue weighted by molar-refractivity contribution is 0.398. The third kappa shape index (κ3) is 1.66. The van der Waals surface area contributed by atoms with Crippen LogP contribution < -0.4 is 15.0 Å². The number of nitrogens with one attached hydrogen (secondary N) is 1. The van der Waals surface area contributed by atoms with Crippen molar-refractivity contribution >= 4 is 10.9 Å². The quantitative estimate of drug-likeness (QED) is 0.809. The lowest BCUT2D eigenvalue weighted by atomic mass is 10.2. The molecule has 0 atom stereocenters. The van der Waals surface area contributed by atoms with E-state index in [1.807, 2.05) is 0 Å². The van der Waals surface area contributed by atoms with E-state index in [-0.39, 0.29) is 5.56 Å². The summed E-state index contributed by atoms with van der Waals surface area (Å²) in [5.41, 5.74) is 0.566. The number of hydrogen-bond donors (Lipinski definition) is 1. The summed E-state index contributed by atoms with van der Waals surface area (Å²) in [6.07, 6.45) is 0. The van der Waals surface area contributed by atoms with Crippen molar-refractivity contribution in [2.75, 3.05) is 14.2 Å². The van der Waals surface area contributed by atoms with E-state index in [0.29, 0.717) is 17.0 Å². The minimum absolute atomic E-state index is 0.141. The van der Waals surface area contributed by atoms with Crippen molar-refractivity contribution in [3.8, 4) is 11.5 Å². The maximum atomic E-state index is 11.1. The third-order valence-corrected chi connectivity index (χ3v) is 2.23. The summed E-state index contributed by atoms with van der Waals surface area (Å²) in [6.45, 7) is 0. The van der Waals surface area contributed by atoms with Crippen molar-refractivity contribution in [2.45, 2.75) is 0 Å². The van der Waals surface area contributed by atoms with Crippen molar-refractivity contribution in [1.82, 2.24) is 4.98 Å². The molecule has 2 aromatic rings. The Morgan fingerprint density at radius 3 is 2.60 bits per heavy atom. The molecule has 0 unspecified atom stereocenters. The normalized spacial score (nSPS) is 10.3. The molecule has 1 heterocycles. The first kappa shape index (κ1) is 9.58. The summed E-state index contributed by atoms with van der Waals surface area (Å²) in [4.78, 5) is 13.9. The number of hydrogen-bond acceptors (Lipinski definition) is 3. The number of H-pyrrole nitrogens is 1. The first-order valence-corrected chi connectivity index (χ1v) is 4.49. The first-order chi connectivity index (χ1) is 7.24. The van der Waals surface area contributed by atoms with Crippen LogP contribution in [0.5, 0.6) is 11.5 Å². The number of aromatic amines is 1. The number of rotatable bonds is 2. The van der Waals surface area contributed by atoms with Crippen molar-refractivity contribution in [3.63, 3.8) is 0 Å². The van der Waals surface area contributed by atoms with Crippen molar-refractivity contribution < 1.29 is 9.47 Å². The van der Waals surface area contributed by atoms with Gasteiger partial charge in [0.2, 0.25) is 5.56 Å². The SMILES string of the molecule is COc1cc(OC)c2ccc(=O)[nH]c2c1. The average Bonchev–Trinajstić information content (AvgIpc) is 2.26. The second-order valence-corrected chi connectivity index (χ2v) is 3.11. The zero-order valence-electron chi connectivity index (χ0n) is 8.53. The molecular formula is C11H11NO3. The Bertz CT molecular complexity index is 545. The van der Waals surface area contributed by atoms with Crippen LogP contribution in [0.1, 0.15) is 0 Å². The van der Waals surface area contributed by atoms with E-state index in [2.05, 4.69) is 4.98 Å². The Balaban J connectivity index is 2.80. The van der Waals surface area contributed by atoms with Crippen molar-refractivity contribution in [1.29, 1.82) is 0 Å². The lowest BCUT2D eigenvalue weighted by Gasteiger charge is -2.07. The van der Waals surface area contributed by atoms with Gasteiger partial charge < -0.3 is 14.5 Å². The summed E-state index contributed by atoms with van der Waals surface area (Å²) in [7, 11) is 3.15. The standard InChI is InChI=1S/C11H11NO3/c1-14-7-5-9-8(10(6-7)15-2)3-4-11(13)12-9/h3-6H,1-2H3,(H,12,13). The first-order valence-electron chi connectivity index (χ1n) is 4.49. The Hall–Kier alpha value is -1.97. The molecule has 0 aliphatic carbocycles. The van der Waals surface area contributed by atoms with Gasteiger partial charge in [-0.3, -0.25) is 4.79 Å². The van der Waals surface area contributed by atoms with Crippen LogP contribution in [0.3, 0.4) is 0 Å². The van der Waals surface area contributed by atoms with Gasteiger partial charge in [0.1, 0.15) is 11.5 Å². The molecule has 0 amide bonds. The predicted octanol–water partition coefficient (Wildman–Crippen LogP) is 1.55. The van der Waals surface area contributed by atoms with Crippen LogP contribution in [0.25, 0.3) is 10.9 Å². The summed E-state index contributed by atoms with van der Waals surface area (Å²) >= 11 is 0. The van der Waals surface area contributed by atoms with Crippen LogP contribution in [0.4, 0.5) is 0 Å². The van der Waals surface area contributed by atoms with Gasteiger partial charge in [-0.05, 0) is 6.07 Å². The molecule has 0 spiro atoms. The Kier molecular flexibility index (Phi) is 2.33. The second-order valence-electron chi connectivity index (χ2n) is 3.11. The number of aromatic nitrogens is 1. The molecule has 0 aliphatic heterocycles. The van der Waals surface area contributed by atoms with E-state index in [0.717, 1.165) is 5.39 Å². The molecule has 1 aromatic heterocycles. The van der Waals surface area contributed by atoms with Gasteiger partial charge in [0.15, 0.2) is 0 Å². The van der Waals surface area contributed by atoms with Gasteiger partial charge in [-0.2, -0.15) is 0 Å². The van der Waals surface area contributed by atoms with Crippen LogP contribution in [0.2, 0.25) is 0 Å². The smallest absolute Gasteiger partial charge is 0.248 e. The highest BCUT2D eigenvalue weighted by Crippen LogP contribution is 2.28. The zero-order chi connectivity index (χ0) is 10.8. The fraction of sp³-hybridized carbons (Fsp3) is 0.182. The maximum Gasteiger partial charge on any atom is 0.248 e. The molecule has 1 aromatic carbocycles. The van der Waals surface area contributed by atoms with Crippen LogP contribution >= 0.6 is 0 Å². The van der Waals surface area contributed by atoms with Gasteiger partial charge in [-0.1, -0.05) is 0 Å². The molecule has 0 saturated carbocycles. The fourth-order valence-electron chi connectivity index (χ4n) is 1.50. The van der Waals surface area contributed by atoms with Crippen LogP contribution in [-0.2, 0) is 0 Å². The third-order valence-electron chi connectivity index (χ3n) is 2.23. The van der Waals surface area contributed by atoms with Gasteiger partial charge in [0, 0.05) is 23.6 Å². The Morgan fingerprint density at radius 1 is 1.13 bits per heavy atom. The minimum Gasteiger partial charge on any atom is -0.497 e. The van der Waals surface area contributed by atoms with E-state index in [4.69, 9.17) is 9.47 Å². The number of benzene rings is 1. The van der Waals surface area contributed by atoms with Gasteiger partial charge >= 0.3 is 0 Å². The predicted molar refractivity (Wildman–Crippen MR) is 57.7 cm³/mol. The molecule has 1 N–H and O–H groups in total. The summed E-state index contributed by atoms with van der Waals surface area (Å²) in [5, 5.41) is 0.859. The molecule has 0 saturated heterocycles. The molecule has 4 heteroatoms. The number of methoxy groups -OCH3 is 2. The largest absolute Gasteiger partial charge is 0.497 e. The van der Waals surface area contributed by atoms with Crippen LogP contribution in [0, 0.1) is 0 Å². The van der Waals surface area contributed by atoms with Crippen molar-refractivity contribution in [3.05, 3.63) is 34.6 Å². The molecule has 0 aliphatic rings. The highest BCUT2D eigenvalue weighted by atomic mass is 16.5. The zero-order valence-corrected chi connectivity index (χ0v) is 8.53. The molecule has 0 bridgehead atoms. The highest BCUT2D eigenvalue weighted by Gasteiger charge is 2.05. The topological polar surface area (TPSA) is 51.3 Å². The average molecular weight is 205 g/mol. The van der Waals surface area contributed by atoms with E-state index >= 15 is 0 Å². The van der Waals surface area contributed by atoms with Crippen molar-refractivity contribution in [2.24, 2.45) is 0 Å². The fourth-order valence-corrected chi connectivity index (χ4v) is 1.50. The Labute approximate surface area is 86.5 Å². The van der Waals surface area contributed by atoms with Crippen LogP contribution in [-0.4, -0.2) is 19.2 Å². The van der Waals surface area contributed by atoms with E-state index in [9.17, 15) is 4.79 Å². The molecule has 2 rings (SSSR count). The second kappa shape index (κ2) is 3.65. The molecule has 0 fully saturated rings. The van der Waals surface area contributed by atoms with E-state index in [1.165, 1.54) is 6.07 Å². The van der Waals surface area contributed by atoms with E-state index < -0.39 is 0 Å². The number of pyridine rings is 1. The maximum absolute atomic E-state index is 11.1. The lowest BCUT2D eigenvalue weighted by Crippen LogP contribution is -2.03. The summed E-state index contributed by atoms with van der Waals surface area (Å²) < 4.78 is 10.3. The Morgan fingerprint density at radius 2 is 1.93 bits per heavy atom. The van der Waals surface area contributed by atoms with E-state index in [1.54, 1.807) is 32.4 Å². The van der Waals surface area contributed by atoms with Gasteiger partial charge in [-0.15, -0.1) is 0 Å². The summed E-state index contributed by atoms with van der Waals surface area (Å²) in [6, 6.07) is 6.74. The molecule has 4 nitrogen and oxygen atoms in total. The molecule has 15 heavy (non-hydrogen) atoms. The highest BCUT2D eigenvalue weighted by molar-refractivity contribution is 5.86. The molecule has 0 radical (unpaired) electrons. The number of ether oxygens (including phenoxy) is 2. The monoisotopic (exact) mass is 205 g/mol. The molecular weight excluding hydrogens is 194 g/mol. The van der Waals surface area contributed by atoms with Crippen LogP contribution in [0.15, 0.2) is 29.1 Å².